The third-order valence-electron chi connectivity index (χ3n) is 5.28. The zero-order valence-electron chi connectivity index (χ0n) is 17.6. The largest absolute Gasteiger partial charge is 0.325 e. The molecule has 0 aliphatic heterocycles. The molecule has 0 spiro atoms. The van der Waals surface area contributed by atoms with Gasteiger partial charge in [0, 0.05) is 16.8 Å². The number of carbonyl (C=O) groups is 1. The molecule has 5 rings (SSSR count). The van der Waals surface area contributed by atoms with Crippen LogP contribution in [0.1, 0.15) is 11.3 Å². The van der Waals surface area contributed by atoms with E-state index in [1.807, 2.05) is 74.5 Å². The number of aryl methyl sites for hydroxylation is 2. The lowest BCUT2D eigenvalue weighted by atomic mass is 10.0. The van der Waals surface area contributed by atoms with Crippen molar-refractivity contribution >= 4 is 43.4 Å². The van der Waals surface area contributed by atoms with Crippen LogP contribution >= 0.6 is 11.3 Å². The Kier molecular flexibility index (Phi) is 5.03. The number of amides is 1. The van der Waals surface area contributed by atoms with E-state index in [1.165, 1.54) is 22.2 Å². The van der Waals surface area contributed by atoms with Crippen LogP contribution in [-0.4, -0.2) is 20.4 Å². The monoisotopic (exact) mass is 440 g/mol. The zero-order valence-corrected chi connectivity index (χ0v) is 18.4. The van der Waals surface area contributed by atoms with Gasteiger partial charge in [-0.3, -0.25) is 14.2 Å². The Hall–Kier alpha value is -3.84. The average Bonchev–Trinajstić information content (AvgIpc) is 3.16. The van der Waals surface area contributed by atoms with E-state index in [9.17, 15) is 9.59 Å². The SMILES string of the molecule is Cc1ccc(NC(=O)Cn2cnc3c(sc4nc(C)cc(-c5ccccc5)c43)c2=O)cc1. The molecule has 3 aromatic heterocycles. The predicted octanol–water partition coefficient (Wildman–Crippen LogP) is 4.93. The third-order valence-corrected chi connectivity index (χ3v) is 6.34. The van der Waals surface area contributed by atoms with Crippen LogP contribution in [0.3, 0.4) is 0 Å². The van der Waals surface area contributed by atoms with E-state index < -0.39 is 0 Å². The Labute approximate surface area is 188 Å². The van der Waals surface area contributed by atoms with Crippen LogP contribution in [0.2, 0.25) is 0 Å². The second kappa shape index (κ2) is 8.01. The number of aromatic nitrogens is 3. The van der Waals surface area contributed by atoms with Gasteiger partial charge >= 0.3 is 0 Å². The van der Waals surface area contributed by atoms with E-state index >= 15 is 0 Å². The number of benzene rings is 2. The van der Waals surface area contributed by atoms with Crippen molar-refractivity contribution in [2.24, 2.45) is 0 Å². The topological polar surface area (TPSA) is 76.9 Å². The third kappa shape index (κ3) is 3.67. The van der Waals surface area contributed by atoms with Gasteiger partial charge in [0.25, 0.3) is 5.56 Å². The second-order valence-corrected chi connectivity index (χ2v) is 8.73. The molecule has 2 aromatic carbocycles. The molecule has 0 fully saturated rings. The Morgan fingerprint density at radius 3 is 2.56 bits per heavy atom. The second-order valence-electron chi connectivity index (χ2n) is 7.73. The van der Waals surface area contributed by atoms with Crippen LogP contribution in [-0.2, 0) is 11.3 Å². The summed E-state index contributed by atoms with van der Waals surface area (Å²) in [4.78, 5) is 35.7. The van der Waals surface area contributed by atoms with Gasteiger partial charge in [-0.2, -0.15) is 0 Å². The molecule has 0 saturated carbocycles. The lowest BCUT2D eigenvalue weighted by Crippen LogP contribution is -2.27. The highest BCUT2D eigenvalue weighted by Crippen LogP contribution is 2.37. The van der Waals surface area contributed by atoms with Crippen LogP contribution in [0, 0.1) is 13.8 Å². The summed E-state index contributed by atoms with van der Waals surface area (Å²) < 4.78 is 1.84. The summed E-state index contributed by atoms with van der Waals surface area (Å²) in [6.07, 6.45) is 1.44. The number of anilines is 1. The molecule has 0 atom stereocenters. The lowest BCUT2D eigenvalue weighted by molar-refractivity contribution is -0.116. The van der Waals surface area contributed by atoms with Gasteiger partial charge in [-0.1, -0.05) is 48.0 Å². The molecule has 3 heterocycles. The van der Waals surface area contributed by atoms with E-state index in [0.29, 0.717) is 15.9 Å². The number of nitrogens with zero attached hydrogens (tertiary/aromatic N) is 3. The van der Waals surface area contributed by atoms with Gasteiger partial charge in [-0.05, 0) is 43.2 Å². The van der Waals surface area contributed by atoms with Crippen molar-refractivity contribution in [2.45, 2.75) is 20.4 Å². The normalized spacial score (nSPS) is 11.2. The molecule has 1 amide bonds. The van der Waals surface area contributed by atoms with Gasteiger partial charge < -0.3 is 5.32 Å². The molecule has 7 heteroatoms. The van der Waals surface area contributed by atoms with Gasteiger partial charge in [0.05, 0.1) is 11.8 Å². The highest BCUT2D eigenvalue weighted by Gasteiger charge is 2.18. The molecule has 0 radical (unpaired) electrons. The van der Waals surface area contributed by atoms with Crippen molar-refractivity contribution in [3.05, 3.63) is 88.6 Å². The zero-order chi connectivity index (χ0) is 22.2. The summed E-state index contributed by atoms with van der Waals surface area (Å²) in [5, 5.41) is 3.69. The van der Waals surface area contributed by atoms with Crippen molar-refractivity contribution in [3.8, 4) is 11.1 Å². The standard InChI is InChI=1S/C25H20N4O2S/c1-15-8-10-18(11-9-15)28-20(30)13-29-14-26-22-21-19(17-6-4-3-5-7-17)12-16(2)27-24(21)32-23(22)25(29)31/h3-12,14H,13H2,1-2H3,(H,28,30). The molecular weight excluding hydrogens is 420 g/mol. The van der Waals surface area contributed by atoms with Crippen LogP contribution in [0.4, 0.5) is 5.69 Å². The van der Waals surface area contributed by atoms with Crippen molar-refractivity contribution in [1.29, 1.82) is 0 Å². The van der Waals surface area contributed by atoms with E-state index in [1.54, 1.807) is 0 Å². The number of rotatable bonds is 4. The minimum atomic E-state index is -0.280. The molecular formula is C25H20N4O2S. The van der Waals surface area contributed by atoms with Crippen molar-refractivity contribution < 1.29 is 4.79 Å². The number of hydrogen-bond donors (Lipinski definition) is 1. The van der Waals surface area contributed by atoms with Crippen LogP contribution in [0.15, 0.2) is 71.8 Å². The number of carbonyl (C=O) groups excluding carboxylic acids is 1. The fourth-order valence-electron chi connectivity index (χ4n) is 3.73. The van der Waals surface area contributed by atoms with Crippen LogP contribution in [0.5, 0.6) is 0 Å². The van der Waals surface area contributed by atoms with Gasteiger partial charge in [0.2, 0.25) is 5.91 Å². The quantitative estimate of drug-likeness (QED) is 0.430. The van der Waals surface area contributed by atoms with E-state index in [4.69, 9.17) is 0 Å². The van der Waals surface area contributed by atoms with Gasteiger partial charge in [0.15, 0.2) is 0 Å². The first-order valence-electron chi connectivity index (χ1n) is 10.2. The minimum absolute atomic E-state index is 0.109. The molecule has 6 nitrogen and oxygen atoms in total. The number of nitrogens with one attached hydrogen (secondary N) is 1. The number of fused-ring (bicyclic) bond motifs is 3. The molecule has 0 aliphatic rings. The highest BCUT2D eigenvalue weighted by atomic mass is 32.1. The molecule has 0 unspecified atom stereocenters. The maximum absolute atomic E-state index is 13.2. The molecule has 1 N–H and O–H groups in total. The molecule has 158 valence electrons. The number of thiophene rings is 1. The number of pyridine rings is 1. The molecule has 0 aliphatic carbocycles. The fourth-order valence-corrected chi connectivity index (χ4v) is 4.88. The van der Waals surface area contributed by atoms with E-state index in [-0.39, 0.29) is 18.0 Å². The Balaban J connectivity index is 1.55. The summed E-state index contributed by atoms with van der Waals surface area (Å²) in [6.45, 7) is 3.82. The number of hydrogen-bond acceptors (Lipinski definition) is 5. The summed E-state index contributed by atoms with van der Waals surface area (Å²) in [5.74, 6) is -0.280. The lowest BCUT2D eigenvalue weighted by Gasteiger charge is -2.08. The Morgan fingerprint density at radius 2 is 1.81 bits per heavy atom. The minimum Gasteiger partial charge on any atom is -0.325 e. The maximum Gasteiger partial charge on any atom is 0.271 e. The summed E-state index contributed by atoms with van der Waals surface area (Å²) in [7, 11) is 0. The predicted molar refractivity (Wildman–Crippen MR) is 129 cm³/mol. The van der Waals surface area contributed by atoms with Crippen molar-refractivity contribution in [1.82, 2.24) is 14.5 Å². The first-order chi connectivity index (χ1) is 15.5. The Bertz CT molecular complexity index is 1520. The fraction of sp³-hybridized carbons (Fsp3) is 0.120. The maximum atomic E-state index is 13.2. The summed E-state index contributed by atoms with van der Waals surface area (Å²) >= 11 is 1.32. The van der Waals surface area contributed by atoms with Crippen LogP contribution < -0.4 is 10.9 Å². The van der Waals surface area contributed by atoms with Gasteiger partial charge in [-0.25, -0.2) is 9.97 Å². The molecule has 0 bridgehead atoms. The highest BCUT2D eigenvalue weighted by molar-refractivity contribution is 7.25. The first kappa shape index (κ1) is 20.1. The van der Waals surface area contributed by atoms with Crippen molar-refractivity contribution in [2.75, 3.05) is 5.32 Å². The van der Waals surface area contributed by atoms with E-state index in [0.717, 1.165) is 32.6 Å². The summed E-state index contributed by atoms with van der Waals surface area (Å²) in [6, 6.07) is 19.5. The van der Waals surface area contributed by atoms with Gasteiger partial charge in [0.1, 0.15) is 16.1 Å². The van der Waals surface area contributed by atoms with Crippen molar-refractivity contribution in [3.63, 3.8) is 0 Å². The average molecular weight is 441 g/mol. The first-order valence-corrected chi connectivity index (χ1v) is 11.0. The van der Waals surface area contributed by atoms with E-state index in [2.05, 4.69) is 15.3 Å². The summed E-state index contributed by atoms with van der Waals surface area (Å²) in [5.41, 5.74) is 5.10. The van der Waals surface area contributed by atoms with Crippen LogP contribution in [0.25, 0.3) is 31.6 Å². The Morgan fingerprint density at radius 1 is 1.06 bits per heavy atom. The van der Waals surface area contributed by atoms with Gasteiger partial charge in [-0.15, -0.1) is 11.3 Å². The molecule has 0 saturated heterocycles. The smallest absolute Gasteiger partial charge is 0.271 e. The molecule has 32 heavy (non-hydrogen) atoms. The molecule has 5 aromatic rings.